The highest BCUT2D eigenvalue weighted by molar-refractivity contribution is 7.87. The Morgan fingerprint density at radius 1 is 1.29 bits per heavy atom. The number of halogens is 1. The van der Waals surface area contributed by atoms with E-state index in [0.29, 0.717) is 31.5 Å². The second-order valence-electron chi connectivity index (χ2n) is 5.29. The number of hydrogen-bond donors (Lipinski definition) is 1. The Balaban J connectivity index is 1.81. The van der Waals surface area contributed by atoms with Gasteiger partial charge in [-0.15, -0.1) is 11.6 Å². The third-order valence-corrected chi connectivity index (χ3v) is 5.76. The van der Waals surface area contributed by atoms with E-state index in [1.54, 1.807) is 4.31 Å². The third kappa shape index (κ3) is 3.81. The van der Waals surface area contributed by atoms with Gasteiger partial charge in [0.05, 0.1) is 0 Å². The molecule has 2 aliphatic rings. The number of nitrogens with one attached hydrogen (secondary N) is 1. The maximum absolute atomic E-state index is 12.0. The zero-order valence-electron chi connectivity index (χ0n) is 10.2. The van der Waals surface area contributed by atoms with Crippen LogP contribution in [-0.2, 0) is 10.2 Å². The Morgan fingerprint density at radius 3 is 2.41 bits per heavy atom. The van der Waals surface area contributed by atoms with Gasteiger partial charge in [0, 0.05) is 25.0 Å². The molecular weight excluding hydrogens is 260 g/mol. The molecule has 2 rings (SSSR count). The summed E-state index contributed by atoms with van der Waals surface area (Å²) in [5.41, 5.74) is 0. The van der Waals surface area contributed by atoms with E-state index in [1.807, 2.05) is 0 Å². The van der Waals surface area contributed by atoms with Crippen LogP contribution < -0.4 is 4.72 Å². The number of rotatable bonds is 5. The molecular formula is C11H21ClN2O2S. The highest BCUT2D eigenvalue weighted by Gasteiger charge is 2.32. The first-order chi connectivity index (χ1) is 7.99. The Hall–Kier alpha value is 0.160. The van der Waals surface area contributed by atoms with Crippen LogP contribution in [0.5, 0.6) is 0 Å². The molecule has 0 radical (unpaired) electrons. The molecule has 0 aromatic rings. The summed E-state index contributed by atoms with van der Waals surface area (Å²) < 4.78 is 28.2. The van der Waals surface area contributed by atoms with Crippen LogP contribution >= 0.6 is 11.6 Å². The van der Waals surface area contributed by atoms with Crippen LogP contribution in [0.1, 0.15) is 32.6 Å². The molecule has 2 fully saturated rings. The summed E-state index contributed by atoms with van der Waals surface area (Å²) in [6, 6.07) is 0. The molecule has 1 heterocycles. The van der Waals surface area contributed by atoms with Gasteiger partial charge >= 0.3 is 0 Å². The third-order valence-electron chi connectivity index (χ3n) is 3.68. The van der Waals surface area contributed by atoms with E-state index in [1.165, 1.54) is 0 Å². The van der Waals surface area contributed by atoms with Crippen LogP contribution in [-0.4, -0.2) is 37.7 Å². The Bertz CT molecular complexity index is 348. The molecule has 1 aliphatic heterocycles. The second kappa shape index (κ2) is 5.43. The molecule has 1 saturated heterocycles. The molecule has 0 aromatic carbocycles. The SMILES string of the molecule is CC1CCN(S(=O)(=O)NCC(Cl)C2CC2)CC1. The van der Waals surface area contributed by atoms with Crippen molar-refractivity contribution in [2.24, 2.45) is 11.8 Å². The zero-order valence-corrected chi connectivity index (χ0v) is 11.8. The molecule has 0 bridgehead atoms. The lowest BCUT2D eigenvalue weighted by Gasteiger charge is -2.29. The number of nitrogens with zero attached hydrogens (tertiary/aromatic N) is 1. The monoisotopic (exact) mass is 280 g/mol. The largest absolute Gasteiger partial charge is 0.279 e. The molecule has 1 saturated carbocycles. The summed E-state index contributed by atoms with van der Waals surface area (Å²) >= 11 is 6.10. The fraction of sp³-hybridized carbons (Fsp3) is 1.00. The van der Waals surface area contributed by atoms with Gasteiger partial charge in [-0.3, -0.25) is 0 Å². The van der Waals surface area contributed by atoms with E-state index < -0.39 is 10.2 Å². The molecule has 1 N–H and O–H groups in total. The highest BCUT2D eigenvalue weighted by atomic mass is 35.5. The van der Waals surface area contributed by atoms with Crippen molar-refractivity contribution >= 4 is 21.8 Å². The fourth-order valence-electron chi connectivity index (χ4n) is 2.13. The number of alkyl halides is 1. The molecule has 0 spiro atoms. The smallest absolute Gasteiger partial charge is 0.201 e. The minimum Gasteiger partial charge on any atom is -0.201 e. The Kier molecular flexibility index (Phi) is 4.34. The molecule has 1 aliphatic carbocycles. The van der Waals surface area contributed by atoms with E-state index in [-0.39, 0.29) is 5.38 Å². The van der Waals surface area contributed by atoms with Crippen molar-refractivity contribution in [3.8, 4) is 0 Å². The second-order valence-corrected chi connectivity index (χ2v) is 7.60. The minimum absolute atomic E-state index is 0.0477. The Labute approximate surface area is 109 Å². The lowest BCUT2D eigenvalue weighted by atomic mass is 10.0. The molecule has 4 nitrogen and oxygen atoms in total. The molecule has 6 heteroatoms. The van der Waals surface area contributed by atoms with E-state index in [9.17, 15) is 8.42 Å². The predicted octanol–water partition coefficient (Wildman–Crippen LogP) is 1.57. The zero-order chi connectivity index (χ0) is 12.5. The van der Waals surface area contributed by atoms with Gasteiger partial charge in [-0.1, -0.05) is 6.92 Å². The molecule has 1 unspecified atom stereocenters. The summed E-state index contributed by atoms with van der Waals surface area (Å²) in [5.74, 6) is 1.15. The van der Waals surface area contributed by atoms with Crippen molar-refractivity contribution in [3.63, 3.8) is 0 Å². The first-order valence-corrected chi connectivity index (χ1v) is 8.25. The average molecular weight is 281 g/mol. The van der Waals surface area contributed by atoms with E-state index in [4.69, 9.17) is 11.6 Å². The topological polar surface area (TPSA) is 49.4 Å². The van der Waals surface area contributed by atoms with Crippen LogP contribution in [0.25, 0.3) is 0 Å². The highest BCUT2D eigenvalue weighted by Crippen LogP contribution is 2.35. The molecule has 100 valence electrons. The lowest BCUT2D eigenvalue weighted by molar-refractivity contribution is 0.285. The van der Waals surface area contributed by atoms with Gasteiger partial charge in [-0.05, 0) is 37.5 Å². The quantitative estimate of drug-likeness (QED) is 0.777. The van der Waals surface area contributed by atoms with Crippen LogP contribution in [0, 0.1) is 11.8 Å². The van der Waals surface area contributed by atoms with Gasteiger partial charge in [0.25, 0.3) is 10.2 Å². The van der Waals surface area contributed by atoms with E-state index in [2.05, 4.69) is 11.6 Å². The Morgan fingerprint density at radius 2 is 1.88 bits per heavy atom. The summed E-state index contributed by atoms with van der Waals surface area (Å²) in [6.07, 6.45) is 4.18. The van der Waals surface area contributed by atoms with Gasteiger partial charge in [0.1, 0.15) is 0 Å². The van der Waals surface area contributed by atoms with Gasteiger partial charge < -0.3 is 0 Å². The maximum Gasteiger partial charge on any atom is 0.279 e. The molecule has 0 aromatic heterocycles. The number of hydrogen-bond acceptors (Lipinski definition) is 2. The van der Waals surface area contributed by atoms with Crippen molar-refractivity contribution in [3.05, 3.63) is 0 Å². The van der Waals surface area contributed by atoms with Crippen molar-refractivity contribution in [2.45, 2.75) is 38.0 Å². The molecule has 1 atom stereocenters. The maximum atomic E-state index is 12.0. The summed E-state index contributed by atoms with van der Waals surface area (Å²) in [7, 11) is -3.31. The van der Waals surface area contributed by atoms with Gasteiger partial charge in [0.2, 0.25) is 0 Å². The predicted molar refractivity (Wildman–Crippen MR) is 69.3 cm³/mol. The lowest BCUT2D eigenvalue weighted by Crippen LogP contribution is -2.46. The van der Waals surface area contributed by atoms with Gasteiger partial charge in [-0.2, -0.15) is 12.7 Å². The van der Waals surface area contributed by atoms with Gasteiger partial charge in [0.15, 0.2) is 0 Å². The van der Waals surface area contributed by atoms with Crippen molar-refractivity contribution in [2.75, 3.05) is 19.6 Å². The standard InChI is InChI=1S/C11H21ClN2O2S/c1-9-4-6-14(7-5-9)17(15,16)13-8-11(12)10-2-3-10/h9-11,13H,2-8H2,1H3. The van der Waals surface area contributed by atoms with Crippen LogP contribution in [0.2, 0.25) is 0 Å². The van der Waals surface area contributed by atoms with Crippen LogP contribution in [0.4, 0.5) is 0 Å². The van der Waals surface area contributed by atoms with Crippen molar-refractivity contribution in [1.29, 1.82) is 0 Å². The summed E-state index contributed by atoms with van der Waals surface area (Å²) in [6.45, 7) is 3.79. The van der Waals surface area contributed by atoms with Crippen molar-refractivity contribution in [1.82, 2.24) is 9.03 Å². The summed E-state index contributed by atoms with van der Waals surface area (Å²) in [4.78, 5) is 0. The van der Waals surface area contributed by atoms with Crippen LogP contribution in [0.3, 0.4) is 0 Å². The van der Waals surface area contributed by atoms with E-state index >= 15 is 0 Å². The fourth-order valence-corrected chi connectivity index (χ4v) is 3.81. The van der Waals surface area contributed by atoms with Crippen LogP contribution in [0.15, 0.2) is 0 Å². The first-order valence-electron chi connectivity index (χ1n) is 6.38. The average Bonchev–Trinajstić information content (AvgIpc) is 3.10. The number of piperidine rings is 1. The molecule has 0 amide bonds. The first kappa shape index (κ1) is 13.6. The van der Waals surface area contributed by atoms with E-state index in [0.717, 1.165) is 25.7 Å². The normalized spacial score (nSPS) is 26.0. The van der Waals surface area contributed by atoms with Crippen molar-refractivity contribution < 1.29 is 8.42 Å². The minimum atomic E-state index is -3.31. The molecule has 17 heavy (non-hydrogen) atoms. The van der Waals surface area contributed by atoms with Gasteiger partial charge in [-0.25, -0.2) is 4.72 Å². The summed E-state index contributed by atoms with van der Waals surface area (Å²) in [5, 5.41) is -0.0477.